The molecule has 1 aromatic rings. The van der Waals surface area contributed by atoms with Gasteiger partial charge in [0.15, 0.2) is 0 Å². The summed E-state index contributed by atoms with van der Waals surface area (Å²) in [6, 6.07) is 0. The lowest BCUT2D eigenvalue weighted by atomic mass is 10.0. The zero-order valence-electron chi connectivity index (χ0n) is 5.92. The summed E-state index contributed by atoms with van der Waals surface area (Å²) in [6.07, 6.45) is 3.53. The molecule has 2 rings (SSSR count). The maximum absolute atomic E-state index is 4.31. The lowest BCUT2D eigenvalue weighted by molar-refractivity contribution is 0.438. The molecule has 58 valence electrons. The molecular formula is C7H8BrN3. The molecule has 0 amide bonds. The van der Waals surface area contributed by atoms with Crippen molar-refractivity contribution in [1.82, 2.24) is 15.3 Å². The Bertz CT molecular complexity index is 260. The maximum atomic E-state index is 4.31. The quantitative estimate of drug-likeness (QED) is 0.755. The van der Waals surface area contributed by atoms with Crippen molar-refractivity contribution in [2.75, 3.05) is 13.1 Å². The molecule has 1 aromatic heterocycles. The lowest BCUT2D eigenvalue weighted by Crippen LogP contribution is -2.40. The van der Waals surface area contributed by atoms with Gasteiger partial charge in [0.1, 0.15) is 4.60 Å². The number of nitrogens with one attached hydrogen (secondary N) is 1. The summed E-state index contributed by atoms with van der Waals surface area (Å²) in [6.45, 7) is 2.07. The zero-order chi connectivity index (χ0) is 7.68. The highest BCUT2D eigenvalue weighted by Gasteiger charge is 2.20. The van der Waals surface area contributed by atoms with Gasteiger partial charge in [0, 0.05) is 25.2 Å². The van der Waals surface area contributed by atoms with E-state index in [0.29, 0.717) is 5.92 Å². The molecule has 3 nitrogen and oxygen atoms in total. The van der Waals surface area contributed by atoms with Gasteiger partial charge in [-0.25, -0.2) is 4.98 Å². The predicted octanol–water partition coefficient (Wildman–Crippen LogP) is 0.926. The minimum absolute atomic E-state index is 0.569. The summed E-state index contributed by atoms with van der Waals surface area (Å²) in [5, 5.41) is 3.20. The second kappa shape index (κ2) is 2.87. The van der Waals surface area contributed by atoms with Gasteiger partial charge in [0.05, 0.1) is 11.9 Å². The third kappa shape index (κ3) is 1.41. The van der Waals surface area contributed by atoms with Crippen LogP contribution in [-0.4, -0.2) is 23.1 Å². The van der Waals surface area contributed by atoms with Crippen molar-refractivity contribution in [3.63, 3.8) is 0 Å². The van der Waals surface area contributed by atoms with E-state index in [1.165, 1.54) is 0 Å². The molecule has 0 radical (unpaired) electrons. The summed E-state index contributed by atoms with van der Waals surface area (Å²) in [5.41, 5.74) is 1.08. The first-order chi connectivity index (χ1) is 5.36. The SMILES string of the molecule is Brc1cncc(C2CNC2)n1. The minimum atomic E-state index is 0.569. The van der Waals surface area contributed by atoms with E-state index in [4.69, 9.17) is 0 Å². The Labute approximate surface area is 73.4 Å². The molecule has 1 fully saturated rings. The molecule has 0 spiro atoms. The van der Waals surface area contributed by atoms with Crippen LogP contribution >= 0.6 is 15.9 Å². The Morgan fingerprint density at radius 2 is 2.27 bits per heavy atom. The van der Waals surface area contributed by atoms with Crippen LogP contribution in [0.2, 0.25) is 0 Å². The second-order valence-corrected chi connectivity index (χ2v) is 3.43. The highest BCUT2D eigenvalue weighted by Crippen LogP contribution is 2.17. The fourth-order valence-corrected chi connectivity index (χ4v) is 1.37. The molecule has 0 aromatic carbocycles. The Morgan fingerprint density at radius 3 is 2.82 bits per heavy atom. The van der Waals surface area contributed by atoms with Gasteiger partial charge >= 0.3 is 0 Å². The van der Waals surface area contributed by atoms with E-state index < -0.39 is 0 Å². The van der Waals surface area contributed by atoms with Crippen molar-refractivity contribution in [1.29, 1.82) is 0 Å². The highest BCUT2D eigenvalue weighted by atomic mass is 79.9. The molecule has 1 N–H and O–H groups in total. The van der Waals surface area contributed by atoms with E-state index in [1.807, 2.05) is 6.20 Å². The zero-order valence-corrected chi connectivity index (χ0v) is 7.50. The molecule has 0 unspecified atom stereocenters. The normalized spacial score (nSPS) is 17.9. The lowest BCUT2D eigenvalue weighted by Gasteiger charge is -2.25. The standard InChI is InChI=1S/C7H8BrN3/c8-7-4-10-3-6(11-7)5-1-9-2-5/h3-5,9H,1-2H2. The van der Waals surface area contributed by atoms with Gasteiger partial charge < -0.3 is 5.32 Å². The van der Waals surface area contributed by atoms with Crippen LogP contribution in [0.4, 0.5) is 0 Å². The molecule has 11 heavy (non-hydrogen) atoms. The number of halogens is 1. The molecule has 2 heterocycles. The van der Waals surface area contributed by atoms with Gasteiger partial charge in [0.2, 0.25) is 0 Å². The molecule has 0 atom stereocenters. The van der Waals surface area contributed by atoms with E-state index in [0.717, 1.165) is 23.4 Å². The van der Waals surface area contributed by atoms with Crippen LogP contribution in [0.5, 0.6) is 0 Å². The molecular weight excluding hydrogens is 206 g/mol. The number of rotatable bonds is 1. The van der Waals surface area contributed by atoms with Crippen LogP contribution in [0.1, 0.15) is 11.6 Å². The Kier molecular flexibility index (Phi) is 1.87. The fraction of sp³-hybridized carbons (Fsp3) is 0.429. The molecule has 1 saturated heterocycles. The van der Waals surface area contributed by atoms with Crippen LogP contribution in [0, 0.1) is 0 Å². The van der Waals surface area contributed by atoms with E-state index >= 15 is 0 Å². The molecule has 0 aliphatic carbocycles. The molecule has 0 bridgehead atoms. The summed E-state index contributed by atoms with van der Waals surface area (Å²) in [5.74, 6) is 0.569. The largest absolute Gasteiger partial charge is 0.315 e. The monoisotopic (exact) mass is 213 g/mol. The van der Waals surface area contributed by atoms with E-state index in [9.17, 15) is 0 Å². The number of hydrogen-bond acceptors (Lipinski definition) is 3. The first-order valence-electron chi connectivity index (χ1n) is 3.54. The Hall–Kier alpha value is -0.480. The minimum Gasteiger partial charge on any atom is -0.315 e. The Balaban J connectivity index is 2.23. The van der Waals surface area contributed by atoms with Gasteiger partial charge in [-0.2, -0.15) is 0 Å². The van der Waals surface area contributed by atoms with Crippen molar-refractivity contribution in [2.45, 2.75) is 5.92 Å². The van der Waals surface area contributed by atoms with Crippen molar-refractivity contribution in [3.05, 3.63) is 22.7 Å². The molecule has 4 heteroatoms. The van der Waals surface area contributed by atoms with Gasteiger partial charge in [-0.05, 0) is 15.9 Å². The highest BCUT2D eigenvalue weighted by molar-refractivity contribution is 9.10. The second-order valence-electron chi connectivity index (χ2n) is 2.62. The summed E-state index contributed by atoms with van der Waals surface area (Å²) >= 11 is 3.29. The van der Waals surface area contributed by atoms with Crippen molar-refractivity contribution >= 4 is 15.9 Å². The average molecular weight is 214 g/mol. The van der Waals surface area contributed by atoms with Gasteiger partial charge in [0.25, 0.3) is 0 Å². The predicted molar refractivity (Wildman–Crippen MR) is 45.3 cm³/mol. The van der Waals surface area contributed by atoms with Gasteiger partial charge in [-0.1, -0.05) is 0 Å². The number of hydrogen-bond donors (Lipinski definition) is 1. The van der Waals surface area contributed by atoms with Crippen LogP contribution in [-0.2, 0) is 0 Å². The maximum Gasteiger partial charge on any atom is 0.124 e. The molecule has 0 saturated carbocycles. The van der Waals surface area contributed by atoms with Crippen molar-refractivity contribution in [2.24, 2.45) is 0 Å². The summed E-state index contributed by atoms with van der Waals surface area (Å²) < 4.78 is 0.821. The van der Waals surface area contributed by atoms with Crippen molar-refractivity contribution < 1.29 is 0 Å². The smallest absolute Gasteiger partial charge is 0.124 e. The molecule has 1 aliphatic rings. The van der Waals surface area contributed by atoms with Gasteiger partial charge in [-0.15, -0.1) is 0 Å². The first-order valence-corrected chi connectivity index (χ1v) is 4.34. The Morgan fingerprint density at radius 1 is 1.45 bits per heavy atom. The number of nitrogens with zero attached hydrogens (tertiary/aromatic N) is 2. The summed E-state index contributed by atoms with van der Waals surface area (Å²) in [4.78, 5) is 8.36. The van der Waals surface area contributed by atoms with E-state index in [-0.39, 0.29) is 0 Å². The summed E-state index contributed by atoms with van der Waals surface area (Å²) in [7, 11) is 0. The molecule has 1 aliphatic heterocycles. The third-order valence-corrected chi connectivity index (χ3v) is 2.21. The van der Waals surface area contributed by atoms with E-state index in [1.54, 1.807) is 6.20 Å². The van der Waals surface area contributed by atoms with Gasteiger partial charge in [-0.3, -0.25) is 4.98 Å². The topological polar surface area (TPSA) is 37.8 Å². The van der Waals surface area contributed by atoms with Crippen LogP contribution < -0.4 is 5.32 Å². The number of aromatic nitrogens is 2. The average Bonchev–Trinajstić information content (AvgIpc) is 1.83. The van der Waals surface area contributed by atoms with Crippen molar-refractivity contribution in [3.8, 4) is 0 Å². The fourth-order valence-electron chi connectivity index (χ4n) is 1.05. The van der Waals surface area contributed by atoms with Crippen LogP contribution in [0.25, 0.3) is 0 Å². The first kappa shape index (κ1) is 7.18. The van der Waals surface area contributed by atoms with E-state index in [2.05, 4.69) is 31.2 Å². The van der Waals surface area contributed by atoms with Crippen LogP contribution in [0.3, 0.4) is 0 Å². The van der Waals surface area contributed by atoms with Crippen LogP contribution in [0.15, 0.2) is 17.0 Å². The third-order valence-electron chi connectivity index (χ3n) is 1.82.